The number of piperidine rings is 1. The summed E-state index contributed by atoms with van der Waals surface area (Å²) in [6, 6.07) is 0.491. The fourth-order valence-corrected chi connectivity index (χ4v) is 2.43. The van der Waals surface area contributed by atoms with E-state index >= 15 is 0 Å². The van der Waals surface area contributed by atoms with Crippen LogP contribution >= 0.6 is 0 Å². The summed E-state index contributed by atoms with van der Waals surface area (Å²) < 4.78 is 0. The molecule has 88 valence electrons. The van der Waals surface area contributed by atoms with Crippen molar-refractivity contribution in [2.45, 2.75) is 59.4 Å². The van der Waals surface area contributed by atoms with Gasteiger partial charge in [0.2, 0.25) is 5.91 Å². The van der Waals surface area contributed by atoms with Gasteiger partial charge in [-0.15, -0.1) is 0 Å². The summed E-state index contributed by atoms with van der Waals surface area (Å²) in [4.78, 5) is 14.2. The Balaban J connectivity index is 2.59. The van der Waals surface area contributed by atoms with E-state index in [0.717, 1.165) is 6.54 Å². The summed E-state index contributed by atoms with van der Waals surface area (Å²) in [6.45, 7) is 9.67. The zero-order valence-electron chi connectivity index (χ0n) is 10.6. The monoisotopic (exact) mass is 211 g/mol. The van der Waals surface area contributed by atoms with Gasteiger partial charge >= 0.3 is 0 Å². The van der Waals surface area contributed by atoms with Crippen LogP contribution in [-0.2, 0) is 4.79 Å². The molecule has 0 aromatic carbocycles. The topological polar surface area (TPSA) is 20.3 Å². The van der Waals surface area contributed by atoms with E-state index in [9.17, 15) is 4.79 Å². The second kappa shape index (κ2) is 5.53. The number of likely N-dealkylation sites (tertiary alicyclic amines) is 1. The molecule has 1 saturated heterocycles. The Hall–Kier alpha value is -0.530. The largest absolute Gasteiger partial charge is 0.339 e. The maximum Gasteiger partial charge on any atom is 0.223 e. The molecule has 0 spiro atoms. The average Bonchev–Trinajstić information content (AvgIpc) is 2.16. The van der Waals surface area contributed by atoms with E-state index in [2.05, 4.69) is 32.6 Å². The fraction of sp³-hybridized carbons (Fsp3) is 0.923. The first-order valence-electron chi connectivity index (χ1n) is 6.31. The van der Waals surface area contributed by atoms with Gasteiger partial charge in [-0.2, -0.15) is 0 Å². The molecule has 15 heavy (non-hydrogen) atoms. The van der Waals surface area contributed by atoms with E-state index in [1.807, 2.05) is 0 Å². The fourth-order valence-electron chi connectivity index (χ4n) is 2.43. The van der Waals surface area contributed by atoms with Gasteiger partial charge in [-0.25, -0.2) is 0 Å². The molecule has 0 radical (unpaired) electrons. The van der Waals surface area contributed by atoms with Crippen LogP contribution in [0.25, 0.3) is 0 Å². The van der Waals surface area contributed by atoms with Crippen LogP contribution in [0.4, 0.5) is 0 Å². The number of nitrogens with zero attached hydrogens (tertiary/aromatic N) is 1. The highest BCUT2D eigenvalue weighted by Crippen LogP contribution is 2.24. The second-order valence-electron chi connectivity index (χ2n) is 5.49. The normalized spacial score (nSPS) is 22.5. The number of rotatable bonds is 3. The third-order valence-corrected chi connectivity index (χ3v) is 3.22. The first-order valence-corrected chi connectivity index (χ1v) is 6.31. The lowest BCUT2D eigenvalue weighted by Gasteiger charge is -2.38. The Morgan fingerprint density at radius 3 is 2.47 bits per heavy atom. The summed E-state index contributed by atoms with van der Waals surface area (Å²) in [5, 5.41) is 0. The van der Waals surface area contributed by atoms with E-state index < -0.39 is 0 Å². The molecule has 2 nitrogen and oxygen atoms in total. The number of carbonyl (C=O) groups excluding carboxylic acids is 1. The summed E-state index contributed by atoms with van der Waals surface area (Å²) in [6.07, 6.45) is 4.38. The van der Waals surface area contributed by atoms with Gasteiger partial charge in [-0.05, 0) is 31.1 Å². The summed E-state index contributed by atoms with van der Waals surface area (Å²) >= 11 is 0. The summed E-state index contributed by atoms with van der Waals surface area (Å²) in [5.74, 6) is 1.44. The highest BCUT2D eigenvalue weighted by molar-refractivity contribution is 5.76. The maximum atomic E-state index is 12.0. The van der Waals surface area contributed by atoms with Crippen molar-refractivity contribution in [3.8, 4) is 0 Å². The molecule has 0 N–H and O–H groups in total. The lowest BCUT2D eigenvalue weighted by atomic mass is 9.92. The molecule has 0 aromatic heterocycles. The smallest absolute Gasteiger partial charge is 0.223 e. The summed E-state index contributed by atoms with van der Waals surface area (Å²) in [5.41, 5.74) is 0. The standard InChI is InChI=1S/C13H25NO/c1-10(2)9-13(15)14-8-6-5-7-12(14)11(3)4/h10-12H,5-9H2,1-4H3. The van der Waals surface area contributed by atoms with Crippen molar-refractivity contribution in [1.29, 1.82) is 0 Å². The number of hydrogen-bond donors (Lipinski definition) is 0. The van der Waals surface area contributed by atoms with Crippen LogP contribution in [-0.4, -0.2) is 23.4 Å². The zero-order valence-corrected chi connectivity index (χ0v) is 10.6. The zero-order chi connectivity index (χ0) is 11.4. The number of hydrogen-bond acceptors (Lipinski definition) is 1. The van der Waals surface area contributed by atoms with Crippen molar-refractivity contribution < 1.29 is 4.79 Å². The van der Waals surface area contributed by atoms with E-state index in [1.165, 1.54) is 19.3 Å². The third-order valence-electron chi connectivity index (χ3n) is 3.22. The van der Waals surface area contributed by atoms with Gasteiger partial charge in [0.15, 0.2) is 0 Å². The minimum absolute atomic E-state index is 0.364. The van der Waals surface area contributed by atoms with Crippen molar-refractivity contribution in [3.05, 3.63) is 0 Å². The minimum atomic E-state index is 0.364. The Kier molecular flexibility index (Phi) is 4.62. The van der Waals surface area contributed by atoms with Crippen molar-refractivity contribution in [2.24, 2.45) is 11.8 Å². The molecule has 1 unspecified atom stereocenters. The first kappa shape index (κ1) is 12.5. The highest BCUT2D eigenvalue weighted by atomic mass is 16.2. The highest BCUT2D eigenvalue weighted by Gasteiger charge is 2.28. The molecule has 2 heteroatoms. The molecule has 0 saturated carbocycles. The van der Waals surface area contributed by atoms with Gasteiger partial charge in [0.1, 0.15) is 0 Å². The molecule has 1 amide bonds. The van der Waals surface area contributed by atoms with Crippen LogP contribution < -0.4 is 0 Å². The van der Waals surface area contributed by atoms with Crippen LogP contribution in [0.3, 0.4) is 0 Å². The molecule has 1 fully saturated rings. The number of carbonyl (C=O) groups is 1. The molecule has 1 aliphatic heterocycles. The van der Waals surface area contributed by atoms with Crippen molar-refractivity contribution in [2.75, 3.05) is 6.54 Å². The first-order chi connectivity index (χ1) is 7.02. The third kappa shape index (κ3) is 3.51. The van der Waals surface area contributed by atoms with Gasteiger partial charge in [0, 0.05) is 19.0 Å². The predicted octanol–water partition coefficient (Wildman–Crippen LogP) is 3.07. The molecule has 1 aliphatic rings. The van der Waals surface area contributed by atoms with Gasteiger partial charge < -0.3 is 4.90 Å². The van der Waals surface area contributed by atoms with Gasteiger partial charge in [0.05, 0.1) is 0 Å². The van der Waals surface area contributed by atoms with Crippen molar-refractivity contribution >= 4 is 5.91 Å². The second-order valence-corrected chi connectivity index (χ2v) is 5.49. The van der Waals surface area contributed by atoms with Gasteiger partial charge in [-0.3, -0.25) is 4.79 Å². The van der Waals surface area contributed by atoms with Crippen LogP contribution in [0.2, 0.25) is 0 Å². The summed E-state index contributed by atoms with van der Waals surface area (Å²) in [7, 11) is 0. The van der Waals surface area contributed by atoms with E-state index in [4.69, 9.17) is 0 Å². The molecule has 1 heterocycles. The van der Waals surface area contributed by atoms with E-state index in [-0.39, 0.29) is 0 Å². The Labute approximate surface area is 94.0 Å². The number of amides is 1. The maximum absolute atomic E-state index is 12.0. The van der Waals surface area contributed by atoms with Crippen LogP contribution in [0.15, 0.2) is 0 Å². The minimum Gasteiger partial charge on any atom is -0.339 e. The predicted molar refractivity (Wildman–Crippen MR) is 63.6 cm³/mol. The Morgan fingerprint density at radius 2 is 1.93 bits per heavy atom. The van der Waals surface area contributed by atoms with Crippen molar-refractivity contribution in [1.82, 2.24) is 4.90 Å². The lowest BCUT2D eigenvalue weighted by Crippen LogP contribution is -2.46. The molecule has 1 rings (SSSR count). The molecule has 1 atom stereocenters. The molecular formula is C13H25NO. The Bertz CT molecular complexity index is 211. The molecule has 0 aromatic rings. The quantitative estimate of drug-likeness (QED) is 0.702. The molecular weight excluding hydrogens is 186 g/mol. The Morgan fingerprint density at radius 1 is 1.27 bits per heavy atom. The van der Waals surface area contributed by atoms with Crippen LogP contribution in [0, 0.1) is 11.8 Å². The van der Waals surface area contributed by atoms with Crippen LogP contribution in [0.5, 0.6) is 0 Å². The molecule has 0 bridgehead atoms. The van der Waals surface area contributed by atoms with Gasteiger partial charge in [0.25, 0.3) is 0 Å². The van der Waals surface area contributed by atoms with Gasteiger partial charge in [-0.1, -0.05) is 27.7 Å². The van der Waals surface area contributed by atoms with Crippen molar-refractivity contribution in [3.63, 3.8) is 0 Å². The SMILES string of the molecule is CC(C)CC(=O)N1CCCCC1C(C)C. The van der Waals surface area contributed by atoms with E-state index in [1.54, 1.807) is 0 Å². The average molecular weight is 211 g/mol. The van der Waals surface area contributed by atoms with Crippen LogP contribution in [0.1, 0.15) is 53.4 Å². The lowest BCUT2D eigenvalue weighted by molar-refractivity contribution is -0.136. The molecule has 0 aliphatic carbocycles. The van der Waals surface area contributed by atoms with E-state index in [0.29, 0.717) is 30.2 Å².